The highest BCUT2D eigenvalue weighted by Crippen LogP contribution is 2.27. The van der Waals surface area contributed by atoms with E-state index in [1.165, 1.54) is 6.07 Å². The van der Waals surface area contributed by atoms with Gasteiger partial charge in [-0.05, 0) is 25.1 Å². The number of piperazine rings is 1. The van der Waals surface area contributed by atoms with Crippen LogP contribution < -0.4 is 15.0 Å². The van der Waals surface area contributed by atoms with Crippen molar-refractivity contribution in [2.24, 2.45) is 0 Å². The van der Waals surface area contributed by atoms with Crippen LogP contribution in [0.1, 0.15) is 17.0 Å². The van der Waals surface area contributed by atoms with E-state index in [4.69, 9.17) is 4.74 Å². The van der Waals surface area contributed by atoms with Gasteiger partial charge in [0.25, 0.3) is 0 Å². The molecule has 0 bridgehead atoms. The number of carbonyl (C=O) groups is 1. The van der Waals surface area contributed by atoms with E-state index in [0.717, 1.165) is 28.2 Å². The molecule has 3 aromatic heterocycles. The molecule has 4 heterocycles. The van der Waals surface area contributed by atoms with Gasteiger partial charge in [-0.2, -0.15) is 8.78 Å². The second-order valence-electron chi connectivity index (χ2n) is 8.52. The van der Waals surface area contributed by atoms with Gasteiger partial charge in [-0.1, -0.05) is 18.2 Å². The second kappa shape index (κ2) is 9.86. The second-order valence-corrected chi connectivity index (χ2v) is 8.52. The number of carboxylic acid groups (broad SMARTS) is 1. The molecule has 11 heteroatoms. The molecule has 0 radical (unpaired) electrons. The summed E-state index contributed by atoms with van der Waals surface area (Å²) in [5.41, 5.74) is 4.65. The Hall–Kier alpha value is -4.12. The number of para-hydroxylation sites is 1. The van der Waals surface area contributed by atoms with Crippen molar-refractivity contribution in [1.29, 1.82) is 0 Å². The van der Waals surface area contributed by atoms with Gasteiger partial charge in [0.2, 0.25) is 5.95 Å². The number of imidazole rings is 1. The minimum Gasteiger partial charge on any atom is -0.480 e. The molecule has 186 valence electrons. The van der Waals surface area contributed by atoms with Crippen LogP contribution in [0, 0.1) is 6.92 Å². The van der Waals surface area contributed by atoms with Crippen molar-refractivity contribution in [1.82, 2.24) is 24.7 Å². The maximum atomic E-state index is 12.9. The predicted octanol–water partition coefficient (Wildman–Crippen LogP) is 3.15. The number of fused-ring (bicyclic) bond motifs is 1. The maximum absolute atomic E-state index is 12.9. The molecule has 1 saturated heterocycles. The number of pyridine rings is 1. The molecular formula is C25H24F2N6O3. The van der Waals surface area contributed by atoms with E-state index < -0.39 is 18.6 Å². The van der Waals surface area contributed by atoms with Crippen molar-refractivity contribution in [3.8, 4) is 16.9 Å². The molecule has 5 rings (SSSR count). The smallest absolute Gasteiger partial charge is 0.387 e. The van der Waals surface area contributed by atoms with E-state index in [2.05, 4.69) is 20.3 Å². The number of alkyl halides is 2. The summed E-state index contributed by atoms with van der Waals surface area (Å²) in [6, 6.07) is 9.88. The van der Waals surface area contributed by atoms with E-state index in [1.807, 2.05) is 34.6 Å². The van der Waals surface area contributed by atoms with Gasteiger partial charge >= 0.3 is 12.6 Å². The lowest BCUT2D eigenvalue weighted by Gasteiger charge is -2.31. The van der Waals surface area contributed by atoms with Crippen molar-refractivity contribution < 1.29 is 23.4 Å². The number of nitrogens with zero attached hydrogens (tertiary/aromatic N) is 5. The fourth-order valence-corrected chi connectivity index (χ4v) is 4.37. The van der Waals surface area contributed by atoms with Crippen LogP contribution in [0.4, 0.5) is 14.7 Å². The average molecular weight is 495 g/mol. The standard InChI is InChI=1S/C25H24F2N6O3/c1-15-20(10-16-4-2-3-5-21(16)36-24(26)27)33-13-17(6-7-22(33)31-15)18-11-29-25(30-12-18)32-9-8-28-19(14-32)23(34)35/h2-7,11-13,19,24,28H,8-10,14H2,1H3,(H,34,35). The monoisotopic (exact) mass is 494 g/mol. The molecular weight excluding hydrogens is 470 g/mol. The lowest BCUT2D eigenvalue weighted by molar-refractivity contribution is -0.139. The van der Waals surface area contributed by atoms with E-state index in [9.17, 15) is 18.7 Å². The number of rotatable bonds is 7. The van der Waals surface area contributed by atoms with E-state index in [0.29, 0.717) is 31.0 Å². The fourth-order valence-electron chi connectivity index (χ4n) is 4.37. The van der Waals surface area contributed by atoms with E-state index >= 15 is 0 Å². The van der Waals surface area contributed by atoms with Crippen LogP contribution in [0.5, 0.6) is 5.75 Å². The maximum Gasteiger partial charge on any atom is 0.387 e. The Morgan fingerprint density at radius 1 is 1.19 bits per heavy atom. The fraction of sp³-hybridized carbons (Fsp3) is 0.280. The van der Waals surface area contributed by atoms with Gasteiger partial charge in [-0.25, -0.2) is 15.0 Å². The van der Waals surface area contributed by atoms with Gasteiger partial charge in [-0.3, -0.25) is 4.79 Å². The number of aryl methyl sites for hydroxylation is 1. The van der Waals surface area contributed by atoms with Gasteiger partial charge < -0.3 is 24.5 Å². The lowest BCUT2D eigenvalue weighted by Crippen LogP contribution is -2.54. The molecule has 0 saturated carbocycles. The highest BCUT2D eigenvalue weighted by molar-refractivity contribution is 5.74. The Balaban J connectivity index is 1.42. The highest BCUT2D eigenvalue weighted by atomic mass is 19.3. The van der Waals surface area contributed by atoms with Gasteiger partial charge in [0.05, 0.1) is 5.69 Å². The Bertz CT molecular complexity index is 1390. The summed E-state index contributed by atoms with van der Waals surface area (Å²) in [4.78, 5) is 26.7. The minimum absolute atomic E-state index is 0.139. The van der Waals surface area contributed by atoms with E-state index in [1.54, 1.807) is 30.6 Å². The third kappa shape index (κ3) is 4.82. The molecule has 9 nitrogen and oxygen atoms in total. The Morgan fingerprint density at radius 2 is 1.97 bits per heavy atom. The van der Waals surface area contributed by atoms with Crippen LogP contribution in [-0.4, -0.2) is 62.7 Å². The molecule has 0 aliphatic carbocycles. The Labute approximate surface area is 205 Å². The van der Waals surface area contributed by atoms with Gasteiger partial charge in [0, 0.05) is 67.0 Å². The van der Waals surface area contributed by atoms with Crippen LogP contribution in [0.25, 0.3) is 16.8 Å². The van der Waals surface area contributed by atoms with Crippen molar-refractivity contribution in [2.75, 3.05) is 24.5 Å². The summed E-state index contributed by atoms with van der Waals surface area (Å²) >= 11 is 0. The third-order valence-corrected chi connectivity index (χ3v) is 6.19. The number of benzene rings is 1. The van der Waals surface area contributed by atoms with Gasteiger partial charge in [0.1, 0.15) is 17.4 Å². The summed E-state index contributed by atoms with van der Waals surface area (Å²) in [7, 11) is 0. The topological polar surface area (TPSA) is 105 Å². The zero-order chi connectivity index (χ0) is 25.2. The molecule has 2 N–H and O–H groups in total. The van der Waals surface area contributed by atoms with Gasteiger partial charge in [-0.15, -0.1) is 0 Å². The number of aromatic nitrogens is 4. The molecule has 1 aliphatic heterocycles. The SMILES string of the molecule is Cc1nc2ccc(-c3cnc(N4CCNC(C(=O)O)C4)nc3)cn2c1Cc1ccccc1OC(F)F. The summed E-state index contributed by atoms with van der Waals surface area (Å²) in [5, 5.41) is 12.2. The number of hydrogen-bond acceptors (Lipinski definition) is 7. The summed E-state index contributed by atoms with van der Waals surface area (Å²) in [5.74, 6) is -0.290. The van der Waals surface area contributed by atoms with Crippen molar-refractivity contribution in [3.05, 3.63) is 71.9 Å². The number of halogens is 2. The lowest BCUT2D eigenvalue weighted by atomic mass is 10.1. The van der Waals surface area contributed by atoms with Crippen molar-refractivity contribution >= 4 is 17.6 Å². The van der Waals surface area contributed by atoms with Crippen LogP contribution in [0.2, 0.25) is 0 Å². The minimum atomic E-state index is -2.90. The Morgan fingerprint density at radius 3 is 2.72 bits per heavy atom. The molecule has 0 spiro atoms. The third-order valence-electron chi connectivity index (χ3n) is 6.19. The quantitative estimate of drug-likeness (QED) is 0.404. The zero-order valence-electron chi connectivity index (χ0n) is 19.4. The van der Waals surface area contributed by atoms with Crippen molar-refractivity contribution in [2.45, 2.75) is 26.0 Å². The van der Waals surface area contributed by atoms with E-state index in [-0.39, 0.29) is 12.3 Å². The number of anilines is 1. The van der Waals surface area contributed by atoms with Crippen LogP contribution >= 0.6 is 0 Å². The summed E-state index contributed by atoms with van der Waals surface area (Å²) in [6.45, 7) is 0.417. The molecule has 1 aliphatic rings. The number of ether oxygens (including phenoxy) is 1. The first-order chi connectivity index (χ1) is 17.4. The molecule has 0 amide bonds. The average Bonchev–Trinajstić information content (AvgIpc) is 3.19. The largest absolute Gasteiger partial charge is 0.480 e. The summed E-state index contributed by atoms with van der Waals surface area (Å²) < 4.78 is 32.4. The van der Waals surface area contributed by atoms with Crippen LogP contribution in [-0.2, 0) is 11.2 Å². The molecule has 4 aromatic rings. The number of carboxylic acids is 1. The first-order valence-electron chi connectivity index (χ1n) is 11.4. The molecule has 1 atom stereocenters. The van der Waals surface area contributed by atoms with Gasteiger partial charge in [0.15, 0.2) is 0 Å². The molecule has 36 heavy (non-hydrogen) atoms. The van der Waals surface area contributed by atoms with Crippen LogP contribution in [0.3, 0.4) is 0 Å². The Kier molecular flexibility index (Phi) is 6.47. The first-order valence-corrected chi connectivity index (χ1v) is 11.4. The normalized spacial score (nSPS) is 16.0. The highest BCUT2D eigenvalue weighted by Gasteiger charge is 2.26. The molecule has 1 aromatic carbocycles. The van der Waals surface area contributed by atoms with Crippen LogP contribution in [0.15, 0.2) is 55.0 Å². The number of aliphatic carboxylic acids is 1. The first kappa shape index (κ1) is 23.6. The summed E-state index contributed by atoms with van der Waals surface area (Å²) in [6.07, 6.45) is 5.69. The number of nitrogens with one attached hydrogen (secondary N) is 1. The number of hydrogen-bond donors (Lipinski definition) is 2. The van der Waals surface area contributed by atoms with Crippen molar-refractivity contribution in [3.63, 3.8) is 0 Å². The molecule has 1 fully saturated rings. The zero-order valence-corrected chi connectivity index (χ0v) is 19.4. The predicted molar refractivity (Wildman–Crippen MR) is 128 cm³/mol. The molecule has 1 unspecified atom stereocenters.